The van der Waals surface area contributed by atoms with E-state index < -0.39 is 34.0 Å². The number of fused-ring (bicyclic) bond motifs is 1. The molecule has 2 aromatic rings. The predicted octanol–water partition coefficient (Wildman–Crippen LogP) is 1.17. The topological polar surface area (TPSA) is 104 Å². The van der Waals surface area contributed by atoms with Gasteiger partial charge in [-0.15, -0.1) is 0 Å². The van der Waals surface area contributed by atoms with Gasteiger partial charge in [0.2, 0.25) is 5.43 Å². The third kappa shape index (κ3) is 2.48. The van der Waals surface area contributed by atoms with Crippen LogP contribution in [0.4, 0.5) is 0 Å². The Hall–Kier alpha value is -2.41. The number of aromatic hydroxyl groups is 1. The highest BCUT2D eigenvalue weighted by molar-refractivity contribution is 7.20. The first-order valence-corrected chi connectivity index (χ1v) is 6.52. The normalized spacial score (nSPS) is 12.1. The number of carboxylic acid groups (broad SMARTS) is 1. The van der Waals surface area contributed by atoms with Crippen LogP contribution >= 0.6 is 11.3 Å². The zero-order valence-corrected chi connectivity index (χ0v) is 11.2. The van der Waals surface area contributed by atoms with E-state index in [1.807, 2.05) is 0 Å². The summed E-state index contributed by atoms with van der Waals surface area (Å²) in [7, 11) is 0. The molecule has 3 N–H and O–H groups in total. The van der Waals surface area contributed by atoms with E-state index in [4.69, 9.17) is 5.11 Å². The van der Waals surface area contributed by atoms with Crippen LogP contribution in [0.2, 0.25) is 0 Å². The molecule has 0 fully saturated rings. The lowest BCUT2D eigenvalue weighted by Crippen LogP contribution is -2.40. The first-order valence-electron chi connectivity index (χ1n) is 5.70. The Kier molecular flexibility index (Phi) is 3.71. The molecule has 0 aliphatic heterocycles. The zero-order chi connectivity index (χ0) is 14.9. The molecule has 0 spiro atoms. The molecule has 7 heteroatoms. The minimum Gasteiger partial charge on any atom is -0.499 e. The van der Waals surface area contributed by atoms with Crippen LogP contribution in [0.25, 0.3) is 10.1 Å². The second-order valence-electron chi connectivity index (χ2n) is 4.14. The van der Waals surface area contributed by atoms with Crippen molar-refractivity contribution in [1.82, 2.24) is 5.32 Å². The Morgan fingerprint density at radius 3 is 2.60 bits per heavy atom. The van der Waals surface area contributed by atoms with Crippen molar-refractivity contribution in [2.24, 2.45) is 0 Å². The summed E-state index contributed by atoms with van der Waals surface area (Å²) in [5, 5.41) is 20.6. The van der Waals surface area contributed by atoms with Crippen LogP contribution in [0, 0.1) is 0 Å². The van der Waals surface area contributed by atoms with Crippen LogP contribution in [0.3, 0.4) is 0 Å². The summed E-state index contributed by atoms with van der Waals surface area (Å²) in [6.45, 7) is 1.27. The van der Waals surface area contributed by atoms with Gasteiger partial charge in [0.05, 0.1) is 0 Å². The summed E-state index contributed by atoms with van der Waals surface area (Å²) in [4.78, 5) is 34.8. The van der Waals surface area contributed by atoms with Gasteiger partial charge < -0.3 is 15.5 Å². The number of rotatable bonds is 3. The Labute approximate surface area is 117 Å². The minimum absolute atomic E-state index is 0.309. The molecule has 104 valence electrons. The van der Waals surface area contributed by atoms with Gasteiger partial charge in [-0.25, -0.2) is 0 Å². The van der Waals surface area contributed by atoms with E-state index in [9.17, 15) is 19.5 Å². The molecule has 0 aliphatic rings. The molecule has 1 unspecified atom stereocenters. The van der Waals surface area contributed by atoms with Crippen molar-refractivity contribution >= 4 is 33.3 Å². The molecule has 6 nitrogen and oxygen atoms in total. The fourth-order valence-corrected chi connectivity index (χ4v) is 2.57. The van der Waals surface area contributed by atoms with Gasteiger partial charge in [-0.05, 0) is 19.1 Å². The van der Waals surface area contributed by atoms with E-state index in [0.29, 0.717) is 10.1 Å². The number of amides is 1. The molecule has 1 aromatic carbocycles. The first kappa shape index (κ1) is 14.0. The quantitative estimate of drug-likeness (QED) is 0.788. The van der Waals surface area contributed by atoms with Gasteiger partial charge >= 0.3 is 5.97 Å². The summed E-state index contributed by atoms with van der Waals surface area (Å²) >= 11 is 0.894. The number of carbonyl (C=O) groups excluding carboxylic acids is 1. The molecular formula is C13H11NO5S. The van der Waals surface area contributed by atoms with Crippen molar-refractivity contribution in [3.8, 4) is 5.06 Å². The SMILES string of the molecule is CC(NC(=O)c1c(O)sc2ccccc2c1=O)C(=O)O. The molecule has 20 heavy (non-hydrogen) atoms. The Morgan fingerprint density at radius 2 is 1.95 bits per heavy atom. The van der Waals surface area contributed by atoms with Crippen LogP contribution in [0.5, 0.6) is 5.06 Å². The Balaban J connectivity index is 2.52. The monoisotopic (exact) mass is 293 g/mol. The molecule has 1 aromatic heterocycles. The molecule has 2 rings (SSSR count). The van der Waals surface area contributed by atoms with Crippen LogP contribution in [0.1, 0.15) is 17.3 Å². The number of benzene rings is 1. The number of carbonyl (C=O) groups is 2. The number of hydrogen-bond acceptors (Lipinski definition) is 5. The summed E-state index contributed by atoms with van der Waals surface area (Å²) in [5.74, 6) is -2.13. The second kappa shape index (κ2) is 5.30. The van der Waals surface area contributed by atoms with Crippen LogP contribution < -0.4 is 10.7 Å². The molecule has 0 aliphatic carbocycles. The first-order chi connectivity index (χ1) is 9.41. The molecule has 1 atom stereocenters. The highest BCUT2D eigenvalue weighted by Gasteiger charge is 2.22. The van der Waals surface area contributed by atoms with Gasteiger partial charge in [0.15, 0.2) is 5.06 Å². The average molecular weight is 293 g/mol. The van der Waals surface area contributed by atoms with Crippen molar-refractivity contribution in [3.05, 3.63) is 40.1 Å². The molecule has 0 saturated carbocycles. The van der Waals surface area contributed by atoms with E-state index in [2.05, 4.69) is 5.32 Å². The largest absolute Gasteiger partial charge is 0.499 e. The lowest BCUT2D eigenvalue weighted by molar-refractivity contribution is -0.138. The van der Waals surface area contributed by atoms with Gasteiger partial charge in [0, 0.05) is 10.1 Å². The Bertz CT molecular complexity index is 752. The smallest absolute Gasteiger partial charge is 0.325 e. The lowest BCUT2D eigenvalue weighted by atomic mass is 10.2. The number of hydrogen-bond donors (Lipinski definition) is 3. The summed E-state index contributed by atoms with van der Waals surface area (Å²) in [5.41, 5.74) is -1.05. The van der Waals surface area contributed by atoms with Gasteiger partial charge in [-0.2, -0.15) is 0 Å². The molecule has 0 saturated heterocycles. The maximum atomic E-state index is 12.2. The standard InChI is InChI=1S/C13H11NO5S/c1-6(12(17)18)14-11(16)9-10(15)7-4-2-3-5-8(7)20-13(9)19/h2-6,19H,1H3,(H,14,16)(H,17,18). The highest BCUT2D eigenvalue weighted by Crippen LogP contribution is 2.27. The number of nitrogens with one attached hydrogen (secondary N) is 1. The molecular weight excluding hydrogens is 282 g/mol. The summed E-state index contributed by atoms with van der Waals surface area (Å²) in [6.07, 6.45) is 0. The number of aliphatic carboxylic acids is 1. The maximum Gasteiger partial charge on any atom is 0.325 e. The van der Waals surface area contributed by atoms with Crippen molar-refractivity contribution < 1.29 is 19.8 Å². The van der Waals surface area contributed by atoms with Gasteiger partial charge in [0.1, 0.15) is 11.6 Å². The van der Waals surface area contributed by atoms with Gasteiger partial charge in [-0.1, -0.05) is 23.5 Å². The van der Waals surface area contributed by atoms with Crippen molar-refractivity contribution in [3.63, 3.8) is 0 Å². The fraction of sp³-hybridized carbons (Fsp3) is 0.154. The van der Waals surface area contributed by atoms with Gasteiger partial charge in [0.25, 0.3) is 5.91 Å². The number of carboxylic acids is 1. The molecule has 1 heterocycles. The second-order valence-corrected chi connectivity index (χ2v) is 5.17. The zero-order valence-electron chi connectivity index (χ0n) is 10.4. The van der Waals surface area contributed by atoms with E-state index in [1.165, 1.54) is 6.92 Å². The predicted molar refractivity (Wildman–Crippen MR) is 74.3 cm³/mol. The Morgan fingerprint density at radius 1 is 1.30 bits per heavy atom. The fourth-order valence-electron chi connectivity index (χ4n) is 1.66. The maximum absolute atomic E-state index is 12.2. The van der Waals surface area contributed by atoms with Crippen molar-refractivity contribution in [2.45, 2.75) is 13.0 Å². The third-order valence-corrected chi connectivity index (χ3v) is 3.70. The molecule has 0 radical (unpaired) electrons. The molecule has 1 amide bonds. The summed E-state index contributed by atoms with van der Waals surface area (Å²) in [6, 6.07) is 5.41. The minimum atomic E-state index is -1.23. The lowest BCUT2D eigenvalue weighted by Gasteiger charge is -2.10. The van der Waals surface area contributed by atoms with Crippen LogP contribution in [-0.2, 0) is 4.79 Å². The van der Waals surface area contributed by atoms with Crippen LogP contribution in [-0.4, -0.2) is 28.1 Å². The molecule has 0 bridgehead atoms. The van der Waals surface area contributed by atoms with Crippen molar-refractivity contribution in [1.29, 1.82) is 0 Å². The van der Waals surface area contributed by atoms with Gasteiger partial charge in [-0.3, -0.25) is 14.4 Å². The van der Waals surface area contributed by atoms with Crippen molar-refractivity contribution in [2.75, 3.05) is 0 Å². The van der Waals surface area contributed by atoms with E-state index in [-0.39, 0.29) is 0 Å². The average Bonchev–Trinajstić information content (AvgIpc) is 2.38. The highest BCUT2D eigenvalue weighted by atomic mass is 32.1. The van der Waals surface area contributed by atoms with Crippen LogP contribution in [0.15, 0.2) is 29.1 Å². The summed E-state index contributed by atoms with van der Waals surface area (Å²) < 4.78 is 0.554. The third-order valence-electron chi connectivity index (χ3n) is 2.72. The van der Waals surface area contributed by atoms with E-state index in [0.717, 1.165) is 11.3 Å². The van der Waals surface area contributed by atoms with E-state index in [1.54, 1.807) is 24.3 Å². The van der Waals surface area contributed by atoms with E-state index >= 15 is 0 Å².